The molecule has 0 N–H and O–H groups in total. The van der Waals surface area contributed by atoms with Gasteiger partial charge in [0.2, 0.25) is 0 Å². The molecule has 3 heteroatoms. The maximum Gasteiger partial charge on any atom is 0.152 e. The van der Waals surface area contributed by atoms with E-state index in [1.54, 1.807) is 43.7 Å². The monoisotopic (exact) mass is 188 g/mol. The Kier molecular flexibility index (Phi) is 2.23. The van der Waals surface area contributed by atoms with E-state index in [1.807, 2.05) is 0 Å². The van der Waals surface area contributed by atoms with Crippen LogP contribution in [0.25, 0.3) is 11.3 Å². The molecule has 2 heterocycles. The van der Waals surface area contributed by atoms with Crippen LogP contribution in [-0.2, 0) is 0 Å². The molecule has 0 saturated carbocycles. The average molecular weight is 188 g/mol. The Morgan fingerprint density at radius 2 is 1.79 bits per heavy atom. The first-order chi connectivity index (χ1) is 6.79. The largest absolute Gasteiger partial charge is 0.265 e. The molecule has 2 aromatic rings. The molecule has 2 rings (SSSR count). The van der Waals surface area contributed by atoms with Crippen LogP contribution in [0.1, 0.15) is 5.56 Å². The summed E-state index contributed by atoms with van der Waals surface area (Å²) in [6.07, 6.45) is 4.85. The van der Waals surface area contributed by atoms with Gasteiger partial charge in [-0.3, -0.25) is 9.97 Å². The van der Waals surface area contributed by atoms with Crippen LogP contribution >= 0.6 is 0 Å². The zero-order chi connectivity index (χ0) is 9.97. The molecule has 0 bridgehead atoms. The zero-order valence-corrected chi connectivity index (χ0v) is 7.74. The SMILES string of the molecule is Cc1ccnc(-c2ccncc2)c1F. The molecule has 0 radical (unpaired) electrons. The predicted molar refractivity (Wildman–Crippen MR) is 52.2 cm³/mol. The second kappa shape index (κ2) is 3.54. The second-order valence-electron chi connectivity index (χ2n) is 3.03. The van der Waals surface area contributed by atoms with E-state index < -0.39 is 0 Å². The Balaban J connectivity index is 2.58. The van der Waals surface area contributed by atoms with Crippen LogP contribution < -0.4 is 0 Å². The predicted octanol–water partition coefficient (Wildman–Crippen LogP) is 2.59. The Labute approximate surface area is 81.5 Å². The van der Waals surface area contributed by atoms with Gasteiger partial charge in [0.15, 0.2) is 5.82 Å². The first-order valence-corrected chi connectivity index (χ1v) is 4.30. The van der Waals surface area contributed by atoms with Gasteiger partial charge < -0.3 is 0 Å². The standard InChI is InChI=1S/C11H9FN2/c1-8-2-7-14-11(10(8)12)9-3-5-13-6-4-9/h2-7H,1H3. The van der Waals surface area contributed by atoms with Crippen LogP contribution in [0.3, 0.4) is 0 Å². The third-order valence-corrected chi connectivity index (χ3v) is 2.04. The number of aromatic nitrogens is 2. The van der Waals surface area contributed by atoms with Gasteiger partial charge in [0.1, 0.15) is 5.69 Å². The zero-order valence-electron chi connectivity index (χ0n) is 7.74. The highest BCUT2D eigenvalue weighted by Gasteiger charge is 2.07. The van der Waals surface area contributed by atoms with E-state index in [4.69, 9.17) is 0 Å². The molecule has 0 spiro atoms. The minimum Gasteiger partial charge on any atom is -0.265 e. The molecule has 14 heavy (non-hydrogen) atoms. The Bertz CT molecular complexity index is 440. The van der Waals surface area contributed by atoms with Gasteiger partial charge >= 0.3 is 0 Å². The number of nitrogens with zero attached hydrogens (tertiary/aromatic N) is 2. The van der Waals surface area contributed by atoms with Crippen molar-refractivity contribution in [2.24, 2.45) is 0 Å². The molecule has 0 aliphatic heterocycles. The van der Waals surface area contributed by atoms with Crippen molar-refractivity contribution in [1.82, 2.24) is 9.97 Å². The molecular formula is C11H9FN2. The minimum absolute atomic E-state index is 0.265. The lowest BCUT2D eigenvalue weighted by atomic mass is 10.1. The quantitative estimate of drug-likeness (QED) is 0.687. The summed E-state index contributed by atoms with van der Waals surface area (Å²) in [7, 11) is 0. The smallest absolute Gasteiger partial charge is 0.152 e. The molecule has 0 unspecified atom stereocenters. The van der Waals surface area contributed by atoms with Crippen molar-refractivity contribution in [3.8, 4) is 11.3 Å². The van der Waals surface area contributed by atoms with Crippen molar-refractivity contribution < 1.29 is 4.39 Å². The van der Waals surface area contributed by atoms with E-state index in [2.05, 4.69) is 9.97 Å². The Morgan fingerprint density at radius 3 is 2.50 bits per heavy atom. The van der Waals surface area contributed by atoms with E-state index >= 15 is 0 Å². The van der Waals surface area contributed by atoms with Crippen LogP contribution in [-0.4, -0.2) is 9.97 Å². The van der Waals surface area contributed by atoms with Crippen LogP contribution in [0.15, 0.2) is 36.8 Å². The van der Waals surface area contributed by atoms with Gasteiger partial charge in [0, 0.05) is 24.2 Å². The summed E-state index contributed by atoms with van der Waals surface area (Å²) >= 11 is 0. The first kappa shape index (κ1) is 8.81. The highest BCUT2D eigenvalue weighted by molar-refractivity contribution is 5.59. The fourth-order valence-corrected chi connectivity index (χ4v) is 1.25. The molecule has 0 aromatic carbocycles. The van der Waals surface area contributed by atoms with Gasteiger partial charge in [-0.25, -0.2) is 4.39 Å². The van der Waals surface area contributed by atoms with E-state index in [0.29, 0.717) is 11.3 Å². The van der Waals surface area contributed by atoms with Gasteiger partial charge in [-0.15, -0.1) is 0 Å². The van der Waals surface area contributed by atoms with Crippen molar-refractivity contribution in [3.63, 3.8) is 0 Å². The molecular weight excluding hydrogens is 179 g/mol. The van der Waals surface area contributed by atoms with E-state index in [1.165, 1.54) is 0 Å². The molecule has 2 aromatic heterocycles. The summed E-state index contributed by atoms with van der Waals surface area (Å²) in [5.74, 6) is -0.265. The lowest BCUT2D eigenvalue weighted by Gasteiger charge is -2.03. The van der Waals surface area contributed by atoms with Crippen molar-refractivity contribution >= 4 is 0 Å². The average Bonchev–Trinajstić information content (AvgIpc) is 2.23. The minimum atomic E-state index is -0.265. The topological polar surface area (TPSA) is 25.8 Å². The van der Waals surface area contributed by atoms with E-state index in [9.17, 15) is 4.39 Å². The maximum atomic E-state index is 13.6. The summed E-state index contributed by atoms with van der Waals surface area (Å²) in [6.45, 7) is 1.72. The van der Waals surface area contributed by atoms with Gasteiger partial charge in [-0.1, -0.05) is 0 Å². The number of aryl methyl sites for hydroxylation is 1. The number of rotatable bonds is 1. The van der Waals surface area contributed by atoms with Crippen LogP contribution in [0.4, 0.5) is 4.39 Å². The van der Waals surface area contributed by atoms with Crippen molar-refractivity contribution in [1.29, 1.82) is 0 Å². The Morgan fingerprint density at radius 1 is 1.07 bits per heavy atom. The summed E-state index contributed by atoms with van der Waals surface area (Å²) in [4.78, 5) is 7.88. The molecule has 0 fully saturated rings. The van der Waals surface area contributed by atoms with Gasteiger partial charge in [0.05, 0.1) is 0 Å². The summed E-state index contributed by atoms with van der Waals surface area (Å²) in [6, 6.07) is 5.13. The lowest BCUT2D eigenvalue weighted by molar-refractivity contribution is 0.616. The summed E-state index contributed by atoms with van der Waals surface area (Å²) in [5.41, 5.74) is 1.74. The summed E-state index contributed by atoms with van der Waals surface area (Å²) in [5, 5.41) is 0. The summed E-state index contributed by atoms with van der Waals surface area (Å²) < 4.78 is 13.6. The molecule has 2 nitrogen and oxygen atoms in total. The highest BCUT2D eigenvalue weighted by Crippen LogP contribution is 2.20. The van der Waals surface area contributed by atoms with Gasteiger partial charge in [-0.2, -0.15) is 0 Å². The van der Waals surface area contributed by atoms with Crippen molar-refractivity contribution in [2.75, 3.05) is 0 Å². The van der Waals surface area contributed by atoms with Crippen LogP contribution in [0.2, 0.25) is 0 Å². The number of hydrogen-bond acceptors (Lipinski definition) is 2. The Hall–Kier alpha value is -1.77. The fraction of sp³-hybridized carbons (Fsp3) is 0.0909. The van der Waals surface area contributed by atoms with Crippen LogP contribution in [0, 0.1) is 12.7 Å². The third-order valence-electron chi connectivity index (χ3n) is 2.04. The van der Waals surface area contributed by atoms with Gasteiger partial charge in [-0.05, 0) is 30.7 Å². The second-order valence-corrected chi connectivity index (χ2v) is 3.03. The van der Waals surface area contributed by atoms with E-state index in [-0.39, 0.29) is 5.82 Å². The highest BCUT2D eigenvalue weighted by atomic mass is 19.1. The number of halogens is 1. The van der Waals surface area contributed by atoms with Crippen molar-refractivity contribution in [2.45, 2.75) is 6.92 Å². The molecule has 0 aliphatic rings. The number of hydrogen-bond donors (Lipinski definition) is 0. The lowest BCUT2D eigenvalue weighted by Crippen LogP contribution is -1.91. The molecule has 0 aliphatic carbocycles. The number of pyridine rings is 2. The fourth-order valence-electron chi connectivity index (χ4n) is 1.25. The first-order valence-electron chi connectivity index (χ1n) is 4.30. The van der Waals surface area contributed by atoms with Crippen LogP contribution in [0.5, 0.6) is 0 Å². The normalized spacial score (nSPS) is 10.1. The molecule has 0 amide bonds. The maximum absolute atomic E-state index is 13.6. The van der Waals surface area contributed by atoms with E-state index in [0.717, 1.165) is 5.56 Å². The molecule has 0 saturated heterocycles. The molecule has 0 atom stereocenters. The third kappa shape index (κ3) is 1.48. The molecule has 70 valence electrons. The van der Waals surface area contributed by atoms with Crippen molar-refractivity contribution in [3.05, 3.63) is 48.2 Å². The van der Waals surface area contributed by atoms with Gasteiger partial charge in [0.25, 0.3) is 0 Å².